The third kappa shape index (κ3) is 3.62. The van der Waals surface area contributed by atoms with Crippen LogP contribution in [0.5, 0.6) is 0 Å². The average Bonchev–Trinajstić information content (AvgIpc) is 2.55. The van der Waals surface area contributed by atoms with Crippen molar-refractivity contribution in [2.24, 2.45) is 0 Å². The smallest absolute Gasteiger partial charge is 0.260 e. The Bertz CT molecular complexity index is 844. The number of carbonyl (C=O) groups is 1. The van der Waals surface area contributed by atoms with Crippen molar-refractivity contribution in [3.63, 3.8) is 0 Å². The molecule has 4 nitrogen and oxygen atoms in total. The van der Waals surface area contributed by atoms with E-state index >= 15 is 0 Å². The number of aromatic nitrogens is 1. The summed E-state index contributed by atoms with van der Waals surface area (Å²) in [5, 5.41) is 0. The predicted molar refractivity (Wildman–Crippen MR) is 91.3 cm³/mol. The highest BCUT2D eigenvalue weighted by Gasteiger charge is 2.22. The molecule has 1 aliphatic rings. The van der Waals surface area contributed by atoms with E-state index in [0.29, 0.717) is 13.1 Å². The topological polar surface area (TPSA) is 53.2 Å². The molecule has 24 heavy (non-hydrogen) atoms. The molecule has 1 amide bonds. The molecule has 1 aromatic heterocycles. The first-order chi connectivity index (χ1) is 11.5. The van der Waals surface area contributed by atoms with E-state index < -0.39 is 0 Å². The second-order valence-corrected chi connectivity index (χ2v) is 6.03. The van der Waals surface area contributed by atoms with E-state index in [1.165, 1.54) is 17.7 Å². The molecule has 0 radical (unpaired) electrons. The minimum Gasteiger partial charge on any atom is -0.338 e. The van der Waals surface area contributed by atoms with Gasteiger partial charge < -0.3 is 9.88 Å². The molecule has 3 rings (SSSR count). The highest BCUT2D eigenvalue weighted by atomic mass is 19.1. The molecular formula is C19H19FN2O2. The van der Waals surface area contributed by atoms with Crippen LogP contribution in [0.3, 0.4) is 0 Å². The van der Waals surface area contributed by atoms with Crippen molar-refractivity contribution in [3.8, 4) is 0 Å². The summed E-state index contributed by atoms with van der Waals surface area (Å²) in [6, 6.07) is 9.77. The van der Waals surface area contributed by atoms with Crippen LogP contribution in [0.15, 0.2) is 46.8 Å². The zero-order valence-electron chi connectivity index (χ0n) is 13.5. The van der Waals surface area contributed by atoms with E-state index in [2.05, 4.69) is 4.98 Å². The molecule has 0 bridgehead atoms. The molecule has 1 aliphatic heterocycles. The van der Waals surface area contributed by atoms with Gasteiger partial charge in [-0.15, -0.1) is 0 Å². The van der Waals surface area contributed by atoms with Gasteiger partial charge in [0.25, 0.3) is 11.5 Å². The number of aryl methyl sites for hydroxylation is 1. The standard InChI is InChI=1S/C19H19FN2O2/c1-13-5-6-17(18(23)21-13)19(24)22-9-7-14(8-10-22)11-15-3-2-4-16(20)12-15/h2-6,11-12H,7-10H2,1H3,(H,21,23). The molecule has 1 N–H and O–H groups in total. The summed E-state index contributed by atoms with van der Waals surface area (Å²) < 4.78 is 13.2. The van der Waals surface area contributed by atoms with Crippen molar-refractivity contribution in [1.29, 1.82) is 0 Å². The van der Waals surface area contributed by atoms with Gasteiger partial charge in [0.1, 0.15) is 11.4 Å². The summed E-state index contributed by atoms with van der Waals surface area (Å²) in [6.07, 6.45) is 3.43. The first-order valence-electron chi connectivity index (χ1n) is 7.97. The summed E-state index contributed by atoms with van der Waals surface area (Å²) in [5.74, 6) is -0.489. The van der Waals surface area contributed by atoms with Crippen LogP contribution in [0, 0.1) is 12.7 Å². The molecule has 2 heterocycles. The number of likely N-dealkylation sites (tertiary alicyclic amines) is 1. The number of piperidine rings is 1. The zero-order chi connectivity index (χ0) is 17.1. The monoisotopic (exact) mass is 326 g/mol. The third-order valence-electron chi connectivity index (χ3n) is 4.20. The number of nitrogens with zero attached hydrogens (tertiary/aromatic N) is 1. The van der Waals surface area contributed by atoms with Crippen molar-refractivity contribution >= 4 is 12.0 Å². The van der Waals surface area contributed by atoms with Crippen LogP contribution in [0.25, 0.3) is 6.08 Å². The Kier molecular flexibility index (Phi) is 4.60. The van der Waals surface area contributed by atoms with Gasteiger partial charge in [0, 0.05) is 18.8 Å². The normalized spacial score (nSPS) is 14.6. The fraction of sp³-hybridized carbons (Fsp3) is 0.263. The third-order valence-corrected chi connectivity index (χ3v) is 4.20. The summed E-state index contributed by atoms with van der Waals surface area (Å²) in [4.78, 5) is 28.7. The zero-order valence-corrected chi connectivity index (χ0v) is 13.5. The van der Waals surface area contributed by atoms with Crippen molar-refractivity contribution in [1.82, 2.24) is 9.88 Å². The first kappa shape index (κ1) is 16.2. The van der Waals surface area contributed by atoms with E-state index in [1.807, 2.05) is 12.1 Å². The molecule has 124 valence electrons. The number of halogens is 1. The summed E-state index contributed by atoms with van der Waals surface area (Å²) in [5.41, 5.74) is 2.58. The van der Waals surface area contributed by atoms with Crippen molar-refractivity contribution in [2.75, 3.05) is 13.1 Å². The van der Waals surface area contributed by atoms with Gasteiger partial charge in [0.15, 0.2) is 0 Å². The Morgan fingerprint density at radius 3 is 2.62 bits per heavy atom. The van der Waals surface area contributed by atoms with Crippen LogP contribution in [-0.2, 0) is 0 Å². The van der Waals surface area contributed by atoms with Crippen LogP contribution in [-0.4, -0.2) is 28.9 Å². The van der Waals surface area contributed by atoms with Crippen LogP contribution in [0.4, 0.5) is 4.39 Å². The van der Waals surface area contributed by atoms with Gasteiger partial charge in [-0.3, -0.25) is 9.59 Å². The van der Waals surface area contributed by atoms with Gasteiger partial charge in [-0.2, -0.15) is 0 Å². The molecule has 1 fully saturated rings. The summed E-state index contributed by atoms with van der Waals surface area (Å²) in [7, 11) is 0. The molecule has 5 heteroatoms. The molecule has 0 saturated carbocycles. The second-order valence-electron chi connectivity index (χ2n) is 6.03. The molecule has 0 atom stereocenters. The molecule has 0 spiro atoms. The lowest BCUT2D eigenvalue weighted by Crippen LogP contribution is -2.38. The van der Waals surface area contributed by atoms with Crippen LogP contribution in [0.2, 0.25) is 0 Å². The quantitative estimate of drug-likeness (QED) is 0.922. The summed E-state index contributed by atoms with van der Waals surface area (Å²) >= 11 is 0. The highest BCUT2D eigenvalue weighted by molar-refractivity contribution is 5.94. The van der Waals surface area contributed by atoms with Gasteiger partial charge in [-0.1, -0.05) is 23.8 Å². The van der Waals surface area contributed by atoms with Gasteiger partial charge >= 0.3 is 0 Å². The predicted octanol–water partition coefficient (Wildman–Crippen LogP) is 3.14. The van der Waals surface area contributed by atoms with Crippen molar-refractivity contribution in [2.45, 2.75) is 19.8 Å². The lowest BCUT2D eigenvalue weighted by Gasteiger charge is -2.28. The molecule has 1 aromatic carbocycles. The fourth-order valence-corrected chi connectivity index (χ4v) is 2.88. The number of hydrogen-bond donors (Lipinski definition) is 1. The lowest BCUT2D eigenvalue weighted by molar-refractivity contribution is 0.0742. The Labute approximate surface area is 139 Å². The second kappa shape index (κ2) is 6.83. The maximum Gasteiger partial charge on any atom is 0.260 e. The van der Waals surface area contributed by atoms with Crippen LogP contribution < -0.4 is 5.56 Å². The van der Waals surface area contributed by atoms with Crippen molar-refractivity contribution < 1.29 is 9.18 Å². The number of carbonyl (C=O) groups excluding carboxylic acids is 1. The highest BCUT2D eigenvalue weighted by Crippen LogP contribution is 2.20. The Balaban J connectivity index is 1.68. The number of H-pyrrole nitrogens is 1. The number of benzene rings is 1. The molecular weight excluding hydrogens is 307 g/mol. The minimum absolute atomic E-state index is 0.179. The van der Waals surface area contributed by atoms with Gasteiger partial charge in [-0.05, 0) is 49.6 Å². The number of amides is 1. The SMILES string of the molecule is Cc1ccc(C(=O)N2CCC(=Cc3cccc(F)c3)CC2)c(=O)[nH]1. The van der Waals surface area contributed by atoms with Gasteiger partial charge in [0.05, 0.1) is 0 Å². The number of pyridine rings is 1. The van der Waals surface area contributed by atoms with Crippen LogP contribution in [0.1, 0.15) is 34.5 Å². The molecule has 0 aliphatic carbocycles. The van der Waals surface area contributed by atoms with E-state index in [0.717, 1.165) is 24.1 Å². The Hall–Kier alpha value is -2.69. The van der Waals surface area contributed by atoms with Gasteiger partial charge in [-0.25, -0.2) is 4.39 Å². The Morgan fingerprint density at radius 2 is 1.96 bits per heavy atom. The molecule has 1 saturated heterocycles. The number of aromatic amines is 1. The maximum absolute atomic E-state index is 13.2. The first-order valence-corrected chi connectivity index (χ1v) is 7.97. The van der Waals surface area contributed by atoms with E-state index in [1.54, 1.807) is 30.0 Å². The van der Waals surface area contributed by atoms with Crippen molar-refractivity contribution in [3.05, 3.63) is 75.0 Å². The Morgan fingerprint density at radius 1 is 1.21 bits per heavy atom. The minimum atomic E-state index is -0.346. The summed E-state index contributed by atoms with van der Waals surface area (Å²) in [6.45, 7) is 2.90. The van der Waals surface area contributed by atoms with Gasteiger partial charge in [0.2, 0.25) is 0 Å². The van der Waals surface area contributed by atoms with E-state index in [-0.39, 0.29) is 22.8 Å². The lowest BCUT2D eigenvalue weighted by atomic mass is 10.0. The average molecular weight is 326 g/mol. The number of hydrogen-bond acceptors (Lipinski definition) is 2. The van der Waals surface area contributed by atoms with E-state index in [4.69, 9.17) is 0 Å². The van der Waals surface area contributed by atoms with Crippen LogP contribution >= 0.6 is 0 Å². The fourth-order valence-electron chi connectivity index (χ4n) is 2.88. The maximum atomic E-state index is 13.2. The molecule has 0 unspecified atom stereocenters. The van der Waals surface area contributed by atoms with E-state index in [9.17, 15) is 14.0 Å². The number of nitrogens with one attached hydrogen (secondary N) is 1. The largest absolute Gasteiger partial charge is 0.338 e. The number of rotatable bonds is 2. The molecule has 2 aromatic rings.